The van der Waals surface area contributed by atoms with Crippen LogP contribution < -0.4 is 5.73 Å². The van der Waals surface area contributed by atoms with Crippen molar-refractivity contribution in [3.05, 3.63) is 63.2 Å². The minimum absolute atomic E-state index is 0.00979. The van der Waals surface area contributed by atoms with Crippen LogP contribution in [0.5, 0.6) is 0 Å². The molecular weight excluding hydrogens is 412 g/mol. The number of rotatable bonds is 5. The van der Waals surface area contributed by atoms with Crippen molar-refractivity contribution in [2.24, 2.45) is 16.6 Å². The third-order valence-electron chi connectivity index (χ3n) is 5.89. The van der Waals surface area contributed by atoms with E-state index >= 15 is 4.39 Å². The highest BCUT2D eigenvalue weighted by Gasteiger charge is 2.62. The number of aromatic nitrogens is 1. The topological polar surface area (TPSA) is 77.6 Å². The summed E-state index contributed by atoms with van der Waals surface area (Å²) in [5.41, 5.74) is 6.25. The molecule has 0 radical (unpaired) electrons. The summed E-state index contributed by atoms with van der Waals surface area (Å²) in [4.78, 5) is 21.2. The standard InChI is InChI=1S/C22H22ClF2N3O2/c1-10-4-13(7-17(29)20-11(2)5-14(23)9-27-20)6-16(19(10)25)22(12(3)24)15-8-18(15)30-21(26)28-22/h4-6,9,12,15,18H,7-8H2,1-3H3,(H2,26,28)/t12?,15-,18+,22-/m0/s1. The Kier molecular flexibility index (Phi) is 5.04. The molecule has 2 aliphatic rings. The summed E-state index contributed by atoms with van der Waals surface area (Å²) in [5, 5.41) is 0.441. The third-order valence-corrected chi connectivity index (χ3v) is 6.10. The van der Waals surface area contributed by atoms with Crippen LogP contribution in [0, 0.1) is 25.6 Å². The lowest BCUT2D eigenvalue weighted by Gasteiger charge is -2.35. The number of amidine groups is 1. The van der Waals surface area contributed by atoms with Gasteiger partial charge in [0.05, 0.1) is 5.02 Å². The van der Waals surface area contributed by atoms with Gasteiger partial charge in [-0.25, -0.2) is 13.8 Å². The minimum atomic E-state index is -1.49. The number of ether oxygens (including phenoxy) is 1. The summed E-state index contributed by atoms with van der Waals surface area (Å²) in [7, 11) is 0. The molecule has 8 heteroatoms. The van der Waals surface area contributed by atoms with E-state index in [0.29, 0.717) is 33.8 Å². The first-order valence-corrected chi connectivity index (χ1v) is 10.1. The molecule has 1 aromatic heterocycles. The maximum Gasteiger partial charge on any atom is 0.283 e. The minimum Gasteiger partial charge on any atom is -0.462 e. The monoisotopic (exact) mass is 433 g/mol. The van der Waals surface area contributed by atoms with E-state index in [1.165, 1.54) is 19.2 Å². The zero-order chi connectivity index (χ0) is 21.8. The van der Waals surface area contributed by atoms with Crippen molar-refractivity contribution in [3.63, 3.8) is 0 Å². The number of benzene rings is 1. The Morgan fingerprint density at radius 2 is 2.10 bits per heavy atom. The maximum absolute atomic E-state index is 15.2. The molecule has 4 atom stereocenters. The lowest BCUT2D eigenvalue weighted by molar-refractivity contribution is 0.0987. The van der Waals surface area contributed by atoms with E-state index in [0.717, 1.165) is 0 Å². The molecule has 2 heterocycles. The number of Topliss-reactive ketones (excluding diaryl/α,β-unsaturated/α-hetero) is 1. The number of pyridine rings is 1. The first kappa shape index (κ1) is 20.7. The number of carbonyl (C=O) groups is 1. The Morgan fingerprint density at radius 3 is 2.77 bits per heavy atom. The Bertz CT molecular complexity index is 1070. The lowest BCUT2D eigenvalue weighted by Crippen LogP contribution is -2.44. The van der Waals surface area contributed by atoms with E-state index in [-0.39, 0.29) is 35.8 Å². The number of fused-ring (bicyclic) bond motifs is 1. The van der Waals surface area contributed by atoms with Gasteiger partial charge in [-0.2, -0.15) is 0 Å². The Balaban J connectivity index is 1.76. The molecular formula is C22H22ClF2N3O2. The highest BCUT2D eigenvalue weighted by molar-refractivity contribution is 6.30. The van der Waals surface area contributed by atoms with Crippen LogP contribution >= 0.6 is 11.6 Å². The predicted octanol–water partition coefficient (Wildman–Crippen LogP) is 4.20. The van der Waals surface area contributed by atoms with E-state index in [2.05, 4.69) is 9.98 Å². The number of nitrogens with two attached hydrogens (primary N) is 1. The molecule has 2 N–H and O–H groups in total. The Morgan fingerprint density at radius 1 is 1.37 bits per heavy atom. The molecule has 0 saturated heterocycles. The number of alkyl halides is 1. The lowest BCUT2D eigenvalue weighted by atomic mass is 9.79. The molecule has 2 aromatic rings. The van der Waals surface area contributed by atoms with Gasteiger partial charge < -0.3 is 10.5 Å². The van der Waals surface area contributed by atoms with Crippen LogP contribution in [0.15, 0.2) is 29.4 Å². The first-order valence-electron chi connectivity index (χ1n) is 9.74. The molecule has 5 nitrogen and oxygen atoms in total. The van der Waals surface area contributed by atoms with Crippen molar-refractivity contribution in [3.8, 4) is 0 Å². The van der Waals surface area contributed by atoms with Crippen molar-refractivity contribution in [2.45, 2.75) is 51.4 Å². The number of hydrogen-bond acceptors (Lipinski definition) is 5. The molecule has 1 unspecified atom stereocenters. The highest BCUT2D eigenvalue weighted by atomic mass is 35.5. The molecule has 158 valence electrons. The van der Waals surface area contributed by atoms with Crippen LogP contribution in [0.25, 0.3) is 0 Å². The van der Waals surface area contributed by atoms with Crippen molar-refractivity contribution >= 4 is 23.4 Å². The average molecular weight is 434 g/mol. The number of aryl methyl sites for hydroxylation is 2. The van der Waals surface area contributed by atoms with Crippen molar-refractivity contribution in [1.82, 2.24) is 4.98 Å². The molecule has 0 amide bonds. The summed E-state index contributed by atoms with van der Waals surface area (Å²) in [6.45, 7) is 4.69. The maximum atomic E-state index is 15.2. The molecule has 0 bridgehead atoms. The SMILES string of the molecule is Cc1cc(Cl)cnc1C(=O)Cc1cc(C)c(F)c([C@@]2(C(C)F)N=C(N)O[C@@H]3C[C@@H]32)c1. The van der Waals surface area contributed by atoms with Gasteiger partial charge in [-0.05, 0) is 56.0 Å². The zero-order valence-corrected chi connectivity index (χ0v) is 17.6. The van der Waals surface area contributed by atoms with Crippen molar-refractivity contribution < 1.29 is 18.3 Å². The third kappa shape index (κ3) is 3.35. The summed E-state index contributed by atoms with van der Waals surface area (Å²) in [6, 6.07) is 4.64. The van der Waals surface area contributed by atoms with Crippen LogP contribution in [0.1, 0.15) is 46.1 Å². The molecule has 1 aliphatic carbocycles. The molecule has 1 aliphatic heterocycles. The van der Waals surface area contributed by atoms with Crippen LogP contribution in [-0.4, -0.2) is 29.1 Å². The normalized spacial score (nSPS) is 25.7. The zero-order valence-electron chi connectivity index (χ0n) is 16.9. The van der Waals surface area contributed by atoms with Gasteiger partial charge in [-0.1, -0.05) is 17.7 Å². The molecule has 30 heavy (non-hydrogen) atoms. The van der Waals surface area contributed by atoms with Crippen LogP contribution in [0.2, 0.25) is 5.02 Å². The average Bonchev–Trinajstić information content (AvgIpc) is 3.43. The fourth-order valence-electron chi connectivity index (χ4n) is 4.41. The second-order valence-electron chi connectivity index (χ2n) is 8.08. The van der Waals surface area contributed by atoms with E-state index in [1.807, 2.05) is 0 Å². The van der Waals surface area contributed by atoms with E-state index in [4.69, 9.17) is 22.1 Å². The van der Waals surface area contributed by atoms with Gasteiger partial charge in [0.25, 0.3) is 6.02 Å². The van der Waals surface area contributed by atoms with Gasteiger partial charge >= 0.3 is 0 Å². The van der Waals surface area contributed by atoms with Gasteiger partial charge in [0.15, 0.2) is 5.78 Å². The number of carbonyl (C=O) groups excluding carboxylic acids is 1. The van der Waals surface area contributed by atoms with Gasteiger partial charge in [0.1, 0.15) is 29.3 Å². The number of halogens is 3. The van der Waals surface area contributed by atoms with Crippen LogP contribution in [0.3, 0.4) is 0 Å². The van der Waals surface area contributed by atoms with Crippen molar-refractivity contribution in [1.29, 1.82) is 0 Å². The molecule has 1 saturated carbocycles. The molecule has 1 aromatic carbocycles. The Labute approximate surface area is 178 Å². The van der Waals surface area contributed by atoms with Gasteiger partial charge in [-0.3, -0.25) is 9.78 Å². The Hall–Kier alpha value is -2.54. The van der Waals surface area contributed by atoms with Gasteiger partial charge in [0.2, 0.25) is 0 Å². The largest absolute Gasteiger partial charge is 0.462 e. The van der Waals surface area contributed by atoms with E-state index < -0.39 is 17.5 Å². The first-order chi connectivity index (χ1) is 14.1. The van der Waals surface area contributed by atoms with Gasteiger partial charge in [0, 0.05) is 24.1 Å². The predicted molar refractivity (Wildman–Crippen MR) is 110 cm³/mol. The summed E-state index contributed by atoms with van der Waals surface area (Å²) < 4.78 is 35.6. The van der Waals surface area contributed by atoms with E-state index in [1.54, 1.807) is 26.0 Å². The van der Waals surface area contributed by atoms with Crippen LogP contribution in [0.4, 0.5) is 8.78 Å². The summed E-state index contributed by atoms with van der Waals surface area (Å²) >= 11 is 5.92. The van der Waals surface area contributed by atoms with E-state index in [9.17, 15) is 9.18 Å². The number of nitrogens with zero attached hydrogens (tertiary/aromatic N) is 2. The number of aliphatic imine (C=N–C) groups is 1. The quantitative estimate of drug-likeness (QED) is 0.717. The molecule has 1 fully saturated rings. The molecule has 4 rings (SSSR count). The fraction of sp³-hybridized carbons (Fsp3) is 0.409. The summed E-state index contributed by atoms with van der Waals surface area (Å²) in [6.07, 6.45) is 0.190. The van der Waals surface area contributed by atoms with Crippen molar-refractivity contribution in [2.75, 3.05) is 0 Å². The number of hydrogen-bond donors (Lipinski definition) is 1. The summed E-state index contributed by atoms with van der Waals surface area (Å²) in [5.74, 6) is -1.08. The molecule has 0 spiro atoms. The second-order valence-corrected chi connectivity index (χ2v) is 8.52. The highest BCUT2D eigenvalue weighted by Crippen LogP contribution is 2.56. The smallest absolute Gasteiger partial charge is 0.283 e. The number of ketones is 1. The second kappa shape index (κ2) is 7.30. The van der Waals surface area contributed by atoms with Gasteiger partial charge in [-0.15, -0.1) is 0 Å². The fourth-order valence-corrected chi connectivity index (χ4v) is 4.62. The van der Waals surface area contributed by atoms with Crippen LogP contribution in [-0.2, 0) is 16.7 Å².